The maximum atomic E-state index is 12.6. The van der Waals surface area contributed by atoms with Crippen LogP contribution in [0.2, 0.25) is 0 Å². The van der Waals surface area contributed by atoms with Crippen LogP contribution in [0, 0.1) is 0 Å². The fourth-order valence-electron chi connectivity index (χ4n) is 7.43. The lowest BCUT2D eigenvalue weighted by Crippen LogP contribution is -2.30. The summed E-state index contributed by atoms with van der Waals surface area (Å²) in [4.78, 5) is 37.7. The Labute approximate surface area is 378 Å². The van der Waals surface area contributed by atoms with Gasteiger partial charge in [-0.2, -0.15) is 0 Å². The van der Waals surface area contributed by atoms with Gasteiger partial charge < -0.3 is 14.2 Å². The van der Waals surface area contributed by atoms with Crippen LogP contribution in [0.5, 0.6) is 0 Å². The molecule has 0 spiro atoms. The van der Waals surface area contributed by atoms with Crippen molar-refractivity contribution in [1.82, 2.24) is 0 Å². The summed E-state index contributed by atoms with van der Waals surface area (Å²) in [7, 11) is 0. The number of ether oxygens (including phenoxy) is 3. The Morgan fingerprint density at radius 1 is 0.344 bits per heavy atom. The van der Waals surface area contributed by atoms with Gasteiger partial charge in [0.15, 0.2) is 6.10 Å². The molecule has 6 nitrogen and oxygen atoms in total. The first-order valence-electron chi connectivity index (χ1n) is 26.1. The first kappa shape index (κ1) is 58.4. The van der Waals surface area contributed by atoms with Crippen molar-refractivity contribution in [2.24, 2.45) is 0 Å². The van der Waals surface area contributed by atoms with E-state index in [0.717, 1.165) is 83.5 Å². The molecule has 61 heavy (non-hydrogen) atoms. The van der Waals surface area contributed by atoms with E-state index in [0.29, 0.717) is 19.3 Å². The van der Waals surface area contributed by atoms with Gasteiger partial charge in [0, 0.05) is 19.3 Å². The minimum Gasteiger partial charge on any atom is -0.462 e. The summed E-state index contributed by atoms with van der Waals surface area (Å²) in [6.45, 7) is 6.48. The zero-order chi connectivity index (χ0) is 44.4. The zero-order valence-electron chi connectivity index (χ0n) is 40.4. The van der Waals surface area contributed by atoms with E-state index in [4.69, 9.17) is 14.2 Å². The number of unbranched alkanes of at least 4 members (excludes halogenated alkanes) is 28. The number of allylic oxidation sites excluding steroid dienone is 8. The Bertz CT molecular complexity index is 1070. The Morgan fingerprint density at radius 3 is 1.00 bits per heavy atom. The summed E-state index contributed by atoms with van der Waals surface area (Å²) in [6.07, 6.45) is 59.9. The summed E-state index contributed by atoms with van der Waals surface area (Å²) in [5.74, 6) is -0.872. The maximum absolute atomic E-state index is 12.6. The van der Waals surface area contributed by atoms with Crippen molar-refractivity contribution in [2.75, 3.05) is 13.2 Å². The van der Waals surface area contributed by atoms with Crippen LogP contribution in [-0.2, 0) is 28.6 Å². The Morgan fingerprint density at radius 2 is 0.639 bits per heavy atom. The molecule has 0 aromatic carbocycles. The lowest BCUT2D eigenvalue weighted by molar-refractivity contribution is -0.167. The van der Waals surface area contributed by atoms with Crippen molar-refractivity contribution in [3.8, 4) is 0 Å². The average molecular weight is 855 g/mol. The minimum absolute atomic E-state index is 0.0694. The molecular formula is C55H98O6. The molecule has 6 heteroatoms. The normalized spacial score (nSPS) is 12.4. The molecule has 0 aliphatic carbocycles. The molecule has 0 amide bonds. The summed E-state index contributed by atoms with van der Waals surface area (Å²) in [5, 5.41) is 0. The second-order valence-corrected chi connectivity index (χ2v) is 17.4. The van der Waals surface area contributed by atoms with E-state index >= 15 is 0 Å². The number of esters is 3. The number of carbonyl (C=O) groups is 3. The van der Waals surface area contributed by atoms with Crippen molar-refractivity contribution in [3.63, 3.8) is 0 Å². The number of carbonyl (C=O) groups excluding carboxylic acids is 3. The quantitative estimate of drug-likeness (QED) is 0.0263. The fraction of sp³-hybridized carbons (Fsp3) is 0.800. The summed E-state index contributed by atoms with van der Waals surface area (Å²) in [5.41, 5.74) is 0. The lowest BCUT2D eigenvalue weighted by atomic mass is 10.0. The van der Waals surface area contributed by atoms with Crippen LogP contribution in [-0.4, -0.2) is 37.2 Å². The van der Waals surface area contributed by atoms with Gasteiger partial charge in [-0.1, -0.05) is 236 Å². The molecule has 0 aliphatic rings. The Hall–Kier alpha value is -2.63. The van der Waals surface area contributed by atoms with Gasteiger partial charge in [-0.15, -0.1) is 0 Å². The van der Waals surface area contributed by atoms with Crippen molar-refractivity contribution < 1.29 is 28.6 Å². The van der Waals surface area contributed by atoms with E-state index in [1.807, 2.05) is 0 Å². The Balaban J connectivity index is 4.01. The molecule has 0 bridgehead atoms. The van der Waals surface area contributed by atoms with Crippen LogP contribution < -0.4 is 0 Å². The van der Waals surface area contributed by atoms with E-state index in [9.17, 15) is 14.4 Å². The highest BCUT2D eigenvalue weighted by Crippen LogP contribution is 2.16. The van der Waals surface area contributed by atoms with Gasteiger partial charge in [-0.3, -0.25) is 14.4 Å². The third kappa shape index (κ3) is 48.3. The highest BCUT2D eigenvalue weighted by Gasteiger charge is 2.19. The predicted octanol–water partition coefficient (Wildman–Crippen LogP) is 17.1. The van der Waals surface area contributed by atoms with Crippen LogP contribution in [0.15, 0.2) is 48.6 Å². The summed E-state index contributed by atoms with van der Waals surface area (Å²) < 4.78 is 16.7. The van der Waals surface area contributed by atoms with Crippen molar-refractivity contribution in [3.05, 3.63) is 48.6 Å². The van der Waals surface area contributed by atoms with Gasteiger partial charge in [0.2, 0.25) is 0 Å². The summed E-state index contributed by atoms with van der Waals surface area (Å²) >= 11 is 0. The first-order chi connectivity index (χ1) is 30.0. The van der Waals surface area contributed by atoms with E-state index in [1.54, 1.807) is 0 Å². The number of rotatable bonds is 47. The van der Waals surface area contributed by atoms with Crippen LogP contribution in [0.25, 0.3) is 0 Å². The predicted molar refractivity (Wildman–Crippen MR) is 261 cm³/mol. The molecule has 0 rings (SSSR count). The van der Waals surface area contributed by atoms with Gasteiger partial charge in [0.1, 0.15) is 13.2 Å². The third-order valence-electron chi connectivity index (χ3n) is 11.3. The smallest absolute Gasteiger partial charge is 0.306 e. The molecule has 0 saturated carbocycles. The summed E-state index contributed by atoms with van der Waals surface area (Å²) in [6, 6.07) is 0. The molecule has 0 saturated heterocycles. The molecule has 0 aromatic rings. The molecule has 0 aliphatic heterocycles. The fourth-order valence-corrected chi connectivity index (χ4v) is 7.43. The van der Waals surface area contributed by atoms with Crippen LogP contribution in [0.3, 0.4) is 0 Å². The van der Waals surface area contributed by atoms with Gasteiger partial charge in [-0.25, -0.2) is 0 Å². The van der Waals surface area contributed by atoms with E-state index < -0.39 is 6.10 Å². The van der Waals surface area contributed by atoms with Crippen LogP contribution in [0.4, 0.5) is 0 Å². The highest BCUT2D eigenvalue weighted by molar-refractivity contribution is 5.71. The van der Waals surface area contributed by atoms with E-state index in [1.165, 1.54) is 141 Å². The van der Waals surface area contributed by atoms with Gasteiger partial charge in [-0.05, 0) is 57.8 Å². The molecule has 0 fully saturated rings. The molecule has 1 atom stereocenters. The van der Waals surface area contributed by atoms with Crippen molar-refractivity contribution in [2.45, 2.75) is 271 Å². The second kappa shape index (κ2) is 50.0. The van der Waals surface area contributed by atoms with Gasteiger partial charge >= 0.3 is 17.9 Å². The van der Waals surface area contributed by atoms with E-state index in [2.05, 4.69) is 69.4 Å². The van der Waals surface area contributed by atoms with Crippen LogP contribution >= 0.6 is 0 Å². The average Bonchev–Trinajstić information content (AvgIpc) is 3.26. The third-order valence-corrected chi connectivity index (χ3v) is 11.3. The number of hydrogen-bond acceptors (Lipinski definition) is 6. The second-order valence-electron chi connectivity index (χ2n) is 17.4. The molecule has 0 N–H and O–H groups in total. The van der Waals surface area contributed by atoms with Crippen molar-refractivity contribution in [1.29, 1.82) is 0 Å². The number of hydrogen-bond donors (Lipinski definition) is 0. The Kier molecular flexibility index (Phi) is 47.9. The standard InChI is InChI=1S/C55H98O6/c1-4-7-10-13-16-19-20-21-22-23-24-25-26-27-28-29-30-31-32-33-34-35-36-37-40-42-45-48-54(57)60-51-52(61-55(58)49-46-43-39-18-15-12-9-6-3)50-59-53(56)47-44-41-38-17-14-11-8-5-2/h7,10,16,19,21-22,24-25,52H,4-6,8-9,11-15,17-18,20,23,26-51H2,1-3H3/b10-7-,19-16-,22-21-,25-24-. The zero-order valence-corrected chi connectivity index (χ0v) is 40.4. The topological polar surface area (TPSA) is 78.9 Å². The molecule has 354 valence electrons. The van der Waals surface area contributed by atoms with Crippen LogP contribution in [0.1, 0.15) is 265 Å². The SMILES string of the molecule is CC/C=C\C/C=C\C/C=C\C/C=C\CCCCCCCCCCCCCCCCC(=O)OCC(COC(=O)CCCCCCCCCC)OC(=O)CCCCCCCCCC. The molecule has 0 radical (unpaired) electrons. The molecule has 0 aromatic heterocycles. The molecule has 0 heterocycles. The largest absolute Gasteiger partial charge is 0.462 e. The maximum Gasteiger partial charge on any atom is 0.306 e. The lowest BCUT2D eigenvalue weighted by Gasteiger charge is -2.18. The minimum atomic E-state index is -0.764. The van der Waals surface area contributed by atoms with Gasteiger partial charge in [0.05, 0.1) is 0 Å². The van der Waals surface area contributed by atoms with E-state index in [-0.39, 0.29) is 31.1 Å². The monoisotopic (exact) mass is 855 g/mol. The van der Waals surface area contributed by atoms with Crippen molar-refractivity contribution >= 4 is 17.9 Å². The molecule has 1 unspecified atom stereocenters. The highest BCUT2D eigenvalue weighted by atomic mass is 16.6. The first-order valence-corrected chi connectivity index (χ1v) is 26.1. The molecular weight excluding hydrogens is 757 g/mol. The van der Waals surface area contributed by atoms with Gasteiger partial charge in [0.25, 0.3) is 0 Å².